The molecule has 0 aliphatic carbocycles. The molecule has 1 rings (SSSR count). The smallest absolute Gasteiger partial charge is 0.310 e. The molecule has 76 valence electrons. The van der Waals surface area contributed by atoms with Gasteiger partial charge in [0.25, 0.3) is 0 Å². The van der Waals surface area contributed by atoms with Crippen molar-refractivity contribution in [2.24, 2.45) is 0 Å². The summed E-state index contributed by atoms with van der Waals surface area (Å²) in [6.07, 6.45) is -0.0560. The van der Waals surface area contributed by atoms with Crippen LogP contribution in [-0.2, 0) is 16.0 Å². The van der Waals surface area contributed by atoms with E-state index in [2.05, 4.69) is 4.74 Å². The predicted molar refractivity (Wildman–Crippen MR) is 50.9 cm³/mol. The summed E-state index contributed by atoms with van der Waals surface area (Å²) in [4.78, 5) is 10.9. The van der Waals surface area contributed by atoms with E-state index in [-0.39, 0.29) is 17.8 Å². The van der Waals surface area contributed by atoms with Crippen LogP contribution in [-0.4, -0.2) is 13.1 Å². The predicted octanol–water partition coefficient (Wildman–Crippen LogP) is 0.706. The number of rotatable bonds is 2. The Labute approximate surface area is 80.6 Å². The third kappa shape index (κ3) is 1.93. The largest absolute Gasteiger partial charge is 0.469 e. The second kappa shape index (κ2) is 3.95. The van der Waals surface area contributed by atoms with Crippen molar-refractivity contribution in [3.8, 4) is 0 Å². The maximum absolute atomic E-state index is 13.1. The Morgan fingerprint density at radius 1 is 1.50 bits per heavy atom. The number of halogens is 1. The number of esters is 1. The first-order chi connectivity index (χ1) is 6.56. The van der Waals surface area contributed by atoms with Crippen LogP contribution in [0.1, 0.15) is 5.56 Å². The van der Waals surface area contributed by atoms with Gasteiger partial charge in [0.2, 0.25) is 0 Å². The lowest BCUT2D eigenvalue weighted by atomic mass is 10.1. The van der Waals surface area contributed by atoms with E-state index in [1.165, 1.54) is 19.2 Å². The maximum Gasteiger partial charge on any atom is 0.310 e. The van der Waals surface area contributed by atoms with Crippen LogP contribution in [0.15, 0.2) is 12.1 Å². The third-order valence-corrected chi connectivity index (χ3v) is 1.86. The zero-order valence-electron chi connectivity index (χ0n) is 7.71. The number of anilines is 2. The Hall–Kier alpha value is -1.78. The lowest BCUT2D eigenvalue weighted by Gasteiger charge is -2.06. The van der Waals surface area contributed by atoms with Crippen molar-refractivity contribution < 1.29 is 13.9 Å². The lowest BCUT2D eigenvalue weighted by Crippen LogP contribution is -2.08. The SMILES string of the molecule is COC(=O)Cc1ccc(N)c(F)c1N. The molecule has 0 bridgehead atoms. The van der Waals surface area contributed by atoms with Gasteiger partial charge in [0.05, 0.1) is 24.9 Å². The second-order valence-electron chi connectivity index (χ2n) is 2.79. The van der Waals surface area contributed by atoms with Crippen LogP contribution in [0.3, 0.4) is 0 Å². The van der Waals surface area contributed by atoms with E-state index >= 15 is 0 Å². The molecule has 0 amide bonds. The number of carbonyl (C=O) groups excluding carboxylic acids is 1. The Bertz CT molecular complexity index is 366. The quantitative estimate of drug-likeness (QED) is 0.541. The molecular formula is C9H11FN2O2. The van der Waals surface area contributed by atoms with Crippen molar-refractivity contribution >= 4 is 17.3 Å². The van der Waals surface area contributed by atoms with E-state index in [1.807, 2.05) is 0 Å². The monoisotopic (exact) mass is 198 g/mol. The molecular weight excluding hydrogens is 187 g/mol. The highest BCUT2D eigenvalue weighted by Gasteiger charge is 2.11. The number of methoxy groups -OCH3 is 1. The Balaban J connectivity index is 3.00. The molecule has 0 saturated carbocycles. The van der Waals surface area contributed by atoms with Crippen LogP contribution < -0.4 is 11.5 Å². The number of hydrogen-bond acceptors (Lipinski definition) is 4. The van der Waals surface area contributed by atoms with E-state index in [0.717, 1.165) is 0 Å². The Morgan fingerprint density at radius 3 is 2.71 bits per heavy atom. The minimum atomic E-state index is -0.689. The normalized spacial score (nSPS) is 9.86. The molecule has 0 atom stereocenters. The van der Waals surface area contributed by atoms with Gasteiger partial charge < -0.3 is 16.2 Å². The van der Waals surface area contributed by atoms with E-state index in [1.54, 1.807) is 0 Å². The molecule has 14 heavy (non-hydrogen) atoms. The van der Waals surface area contributed by atoms with E-state index in [4.69, 9.17) is 11.5 Å². The van der Waals surface area contributed by atoms with Gasteiger partial charge in [-0.05, 0) is 11.6 Å². The minimum Gasteiger partial charge on any atom is -0.469 e. The number of carbonyl (C=O) groups is 1. The molecule has 0 unspecified atom stereocenters. The lowest BCUT2D eigenvalue weighted by molar-refractivity contribution is -0.139. The van der Waals surface area contributed by atoms with Crippen LogP contribution in [0.2, 0.25) is 0 Å². The van der Waals surface area contributed by atoms with Crippen LogP contribution >= 0.6 is 0 Å². The fourth-order valence-corrected chi connectivity index (χ4v) is 1.03. The molecule has 5 heteroatoms. The highest BCUT2D eigenvalue weighted by molar-refractivity contribution is 5.75. The molecule has 0 aliphatic heterocycles. The number of nitrogens with two attached hydrogens (primary N) is 2. The van der Waals surface area contributed by atoms with Crippen LogP contribution in [0, 0.1) is 5.82 Å². The summed E-state index contributed by atoms with van der Waals surface area (Å²) in [6.45, 7) is 0. The summed E-state index contributed by atoms with van der Waals surface area (Å²) < 4.78 is 17.6. The van der Waals surface area contributed by atoms with Crippen molar-refractivity contribution in [3.63, 3.8) is 0 Å². The number of hydrogen-bond donors (Lipinski definition) is 2. The summed E-state index contributed by atoms with van der Waals surface area (Å²) in [5.41, 5.74) is 11.0. The topological polar surface area (TPSA) is 78.3 Å². The average Bonchev–Trinajstić information content (AvgIpc) is 2.19. The molecule has 0 fully saturated rings. The standard InChI is InChI=1S/C9H11FN2O2/c1-14-7(13)4-5-2-3-6(11)8(10)9(5)12/h2-3H,4,11-12H2,1H3. The van der Waals surface area contributed by atoms with Gasteiger partial charge in [-0.1, -0.05) is 6.07 Å². The number of ether oxygens (including phenoxy) is 1. The zero-order valence-corrected chi connectivity index (χ0v) is 7.71. The summed E-state index contributed by atoms with van der Waals surface area (Å²) in [6, 6.07) is 2.87. The fourth-order valence-electron chi connectivity index (χ4n) is 1.03. The van der Waals surface area contributed by atoms with Gasteiger partial charge in [-0.2, -0.15) is 0 Å². The summed E-state index contributed by atoms with van der Waals surface area (Å²) >= 11 is 0. The summed E-state index contributed by atoms with van der Waals surface area (Å²) in [7, 11) is 1.26. The molecule has 4 N–H and O–H groups in total. The fraction of sp³-hybridized carbons (Fsp3) is 0.222. The molecule has 0 radical (unpaired) electrons. The van der Waals surface area contributed by atoms with E-state index < -0.39 is 11.8 Å². The second-order valence-corrected chi connectivity index (χ2v) is 2.79. The first-order valence-corrected chi connectivity index (χ1v) is 3.95. The molecule has 0 aliphatic rings. The molecule has 0 heterocycles. The van der Waals surface area contributed by atoms with Crippen LogP contribution in [0.5, 0.6) is 0 Å². The van der Waals surface area contributed by atoms with E-state index in [9.17, 15) is 9.18 Å². The Kier molecular flexibility index (Phi) is 2.91. The van der Waals surface area contributed by atoms with Crippen LogP contribution in [0.4, 0.5) is 15.8 Å². The van der Waals surface area contributed by atoms with Crippen molar-refractivity contribution in [1.82, 2.24) is 0 Å². The molecule has 1 aromatic rings. The van der Waals surface area contributed by atoms with E-state index in [0.29, 0.717) is 5.56 Å². The first-order valence-electron chi connectivity index (χ1n) is 3.95. The van der Waals surface area contributed by atoms with Gasteiger partial charge in [0.1, 0.15) is 0 Å². The highest BCUT2D eigenvalue weighted by atomic mass is 19.1. The van der Waals surface area contributed by atoms with Gasteiger partial charge in [-0.15, -0.1) is 0 Å². The molecule has 0 aromatic heterocycles. The maximum atomic E-state index is 13.1. The van der Waals surface area contributed by atoms with Gasteiger partial charge in [0, 0.05) is 0 Å². The summed E-state index contributed by atoms with van der Waals surface area (Å²) in [5, 5.41) is 0. The molecule has 0 saturated heterocycles. The van der Waals surface area contributed by atoms with Gasteiger partial charge in [-0.3, -0.25) is 4.79 Å². The third-order valence-electron chi connectivity index (χ3n) is 1.86. The van der Waals surface area contributed by atoms with Crippen molar-refractivity contribution in [2.45, 2.75) is 6.42 Å². The minimum absolute atomic E-state index is 0.0314. The first kappa shape index (κ1) is 10.3. The van der Waals surface area contributed by atoms with Gasteiger partial charge >= 0.3 is 5.97 Å². The highest BCUT2D eigenvalue weighted by Crippen LogP contribution is 2.22. The summed E-state index contributed by atoms with van der Waals surface area (Å²) in [5.74, 6) is -1.16. The zero-order chi connectivity index (χ0) is 10.7. The van der Waals surface area contributed by atoms with Crippen molar-refractivity contribution in [3.05, 3.63) is 23.5 Å². The van der Waals surface area contributed by atoms with Crippen molar-refractivity contribution in [2.75, 3.05) is 18.6 Å². The number of benzene rings is 1. The van der Waals surface area contributed by atoms with Gasteiger partial charge in [-0.25, -0.2) is 4.39 Å². The van der Waals surface area contributed by atoms with Crippen LogP contribution in [0.25, 0.3) is 0 Å². The molecule has 0 spiro atoms. The van der Waals surface area contributed by atoms with Gasteiger partial charge in [0.15, 0.2) is 5.82 Å². The average molecular weight is 198 g/mol. The Morgan fingerprint density at radius 2 is 2.14 bits per heavy atom. The van der Waals surface area contributed by atoms with Crippen molar-refractivity contribution in [1.29, 1.82) is 0 Å². The molecule has 4 nitrogen and oxygen atoms in total. The number of nitrogen functional groups attached to an aromatic ring is 2. The molecule has 1 aromatic carbocycles.